The highest BCUT2D eigenvalue weighted by molar-refractivity contribution is 5.68. The Hall–Kier alpha value is -2.07. The Morgan fingerprint density at radius 2 is 2.21 bits per heavy atom. The van der Waals surface area contributed by atoms with Crippen LogP contribution in [0.2, 0.25) is 0 Å². The van der Waals surface area contributed by atoms with Crippen molar-refractivity contribution in [3.63, 3.8) is 0 Å². The van der Waals surface area contributed by atoms with Gasteiger partial charge < -0.3 is 23.7 Å². The van der Waals surface area contributed by atoms with Crippen LogP contribution in [0.5, 0.6) is 0 Å². The molecule has 2 aliphatic rings. The van der Waals surface area contributed by atoms with Crippen LogP contribution in [0, 0.1) is 17.8 Å². The van der Waals surface area contributed by atoms with Crippen molar-refractivity contribution in [2.75, 3.05) is 13.7 Å². The van der Waals surface area contributed by atoms with Crippen LogP contribution in [0.15, 0.2) is 22.6 Å². The molecule has 1 saturated heterocycles. The summed E-state index contributed by atoms with van der Waals surface area (Å²) in [5.74, 6) is 7.72. The smallest absolute Gasteiger partial charge is 0.305 e. The number of aliphatic hydroxyl groups is 1. The van der Waals surface area contributed by atoms with E-state index in [4.69, 9.17) is 18.6 Å². The van der Waals surface area contributed by atoms with Gasteiger partial charge in [0.2, 0.25) is 0 Å². The van der Waals surface area contributed by atoms with E-state index in [2.05, 4.69) is 24.0 Å². The SMILES string of the molecule is CC#CCC(C)[C@H](O)C=C[C@@H]1c2cc(CCCCC(=O)OC)oc2C[C@H]1OC1CCCCO1. The molecule has 0 bridgehead atoms. The van der Waals surface area contributed by atoms with E-state index >= 15 is 0 Å². The van der Waals surface area contributed by atoms with Crippen molar-refractivity contribution in [2.24, 2.45) is 5.92 Å². The Bertz CT molecular complexity index is 839. The average Bonchev–Trinajstić information content (AvgIpc) is 3.36. The number of carbonyl (C=O) groups excluding carboxylic acids is 1. The molecule has 5 atom stereocenters. The maximum atomic E-state index is 11.3. The lowest BCUT2D eigenvalue weighted by molar-refractivity contribution is -0.188. The molecule has 6 nitrogen and oxygen atoms in total. The molecule has 0 saturated carbocycles. The van der Waals surface area contributed by atoms with Gasteiger partial charge in [-0.25, -0.2) is 0 Å². The molecule has 1 aromatic rings. The van der Waals surface area contributed by atoms with E-state index in [1.165, 1.54) is 7.11 Å². The van der Waals surface area contributed by atoms with E-state index in [-0.39, 0.29) is 30.2 Å². The highest BCUT2D eigenvalue weighted by Crippen LogP contribution is 2.40. The molecule has 2 unspecified atom stereocenters. The normalized spacial score (nSPS) is 24.2. The minimum Gasteiger partial charge on any atom is -0.469 e. The van der Waals surface area contributed by atoms with E-state index in [0.717, 1.165) is 62.2 Å². The summed E-state index contributed by atoms with van der Waals surface area (Å²) < 4.78 is 23.0. The number of hydrogen-bond acceptors (Lipinski definition) is 6. The van der Waals surface area contributed by atoms with Crippen molar-refractivity contribution in [1.29, 1.82) is 0 Å². The number of furan rings is 1. The first-order chi connectivity index (χ1) is 16.0. The molecule has 182 valence electrons. The Balaban J connectivity index is 1.66. The minimum absolute atomic E-state index is 0.0113. The number of ether oxygens (including phenoxy) is 3. The number of hydrogen-bond donors (Lipinski definition) is 1. The third-order valence-corrected chi connectivity index (χ3v) is 6.48. The maximum absolute atomic E-state index is 11.3. The standard InChI is InChI=1S/C27H38O6/c1-4-5-10-19(2)23(28)15-14-21-22-17-20(11-6-7-12-26(29)30-3)32-25(22)18-24(21)33-27-13-8-9-16-31-27/h14-15,17,19,21,23-24,27-28H,6-13,16,18H2,1-3H3/t19?,21-,23-,24-,27?/m1/s1. The molecule has 1 aliphatic heterocycles. The Morgan fingerprint density at radius 1 is 1.36 bits per heavy atom. The molecule has 0 spiro atoms. The summed E-state index contributed by atoms with van der Waals surface area (Å²) in [6.07, 6.45) is 10.5. The number of unbranched alkanes of at least 4 members (excludes halogenated alkanes) is 1. The van der Waals surface area contributed by atoms with Crippen LogP contribution in [-0.4, -0.2) is 43.3 Å². The average molecular weight is 459 g/mol. The zero-order chi connectivity index (χ0) is 23.6. The summed E-state index contributed by atoms with van der Waals surface area (Å²) in [5, 5.41) is 10.6. The van der Waals surface area contributed by atoms with Gasteiger partial charge in [0.05, 0.1) is 19.3 Å². The Kier molecular flexibility index (Phi) is 10.1. The Labute approximate surface area is 197 Å². The van der Waals surface area contributed by atoms with Crippen LogP contribution >= 0.6 is 0 Å². The summed E-state index contributed by atoms with van der Waals surface area (Å²) in [6, 6.07) is 2.12. The van der Waals surface area contributed by atoms with Crippen LogP contribution in [0.4, 0.5) is 0 Å². The zero-order valence-corrected chi connectivity index (χ0v) is 20.2. The number of aryl methyl sites for hydroxylation is 1. The predicted molar refractivity (Wildman–Crippen MR) is 126 cm³/mol. The second-order valence-corrected chi connectivity index (χ2v) is 9.06. The number of aliphatic hydroxyl groups excluding tert-OH is 1. The fourth-order valence-corrected chi connectivity index (χ4v) is 4.43. The fraction of sp³-hybridized carbons (Fsp3) is 0.667. The lowest BCUT2D eigenvalue weighted by Gasteiger charge is -2.28. The summed E-state index contributed by atoms with van der Waals surface area (Å²) in [4.78, 5) is 11.3. The lowest BCUT2D eigenvalue weighted by atomic mass is 9.95. The first kappa shape index (κ1) is 25.6. The van der Waals surface area contributed by atoms with Gasteiger partial charge in [0.1, 0.15) is 11.5 Å². The van der Waals surface area contributed by atoms with Crippen LogP contribution in [0.25, 0.3) is 0 Å². The minimum atomic E-state index is -0.564. The lowest BCUT2D eigenvalue weighted by Crippen LogP contribution is -2.30. The van der Waals surface area contributed by atoms with E-state index in [1.54, 1.807) is 0 Å². The van der Waals surface area contributed by atoms with Gasteiger partial charge in [0, 0.05) is 43.8 Å². The van der Waals surface area contributed by atoms with Crippen molar-refractivity contribution in [3.8, 4) is 11.8 Å². The number of rotatable bonds is 11. The number of carbonyl (C=O) groups is 1. The van der Waals surface area contributed by atoms with Crippen LogP contribution in [0.3, 0.4) is 0 Å². The topological polar surface area (TPSA) is 78.1 Å². The monoisotopic (exact) mass is 458 g/mol. The Morgan fingerprint density at radius 3 is 2.94 bits per heavy atom. The molecular weight excluding hydrogens is 420 g/mol. The molecule has 1 aliphatic carbocycles. The van der Waals surface area contributed by atoms with Gasteiger partial charge in [-0.3, -0.25) is 4.79 Å². The van der Waals surface area contributed by atoms with E-state index < -0.39 is 6.10 Å². The van der Waals surface area contributed by atoms with Crippen molar-refractivity contribution in [2.45, 2.75) is 96.1 Å². The quantitative estimate of drug-likeness (QED) is 0.224. The second-order valence-electron chi connectivity index (χ2n) is 9.06. The largest absolute Gasteiger partial charge is 0.469 e. The third kappa shape index (κ3) is 7.46. The van der Waals surface area contributed by atoms with Crippen molar-refractivity contribution < 1.29 is 28.5 Å². The first-order valence-electron chi connectivity index (χ1n) is 12.2. The van der Waals surface area contributed by atoms with E-state index in [1.807, 2.05) is 19.9 Å². The van der Waals surface area contributed by atoms with Crippen molar-refractivity contribution >= 4 is 5.97 Å². The van der Waals surface area contributed by atoms with Crippen molar-refractivity contribution in [1.82, 2.24) is 0 Å². The molecule has 3 rings (SSSR count). The van der Waals surface area contributed by atoms with E-state index in [9.17, 15) is 9.90 Å². The maximum Gasteiger partial charge on any atom is 0.305 e. The van der Waals surface area contributed by atoms with Gasteiger partial charge in [0.25, 0.3) is 0 Å². The summed E-state index contributed by atoms with van der Waals surface area (Å²) in [5.41, 5.74) is 1.13. The second kappa shape index (κ2) is 13.0. The molecule has 33 heavy (non-hydrogen) atoms. The number of fused-ring (bicyclic) bond motifs is 1. The summed E-state index contributed by atoms with van der Waals surface area (Å²) in [7, 11) is 1.42. The molecule has 0 radical (unpaired) electrons. The van der Waals surface area contributed by atoms with Crippen LogP contribution < -0.4 is 0 Å². The van der Waals surface area contributed by atoms with Gasteiger partial charge in [-0.15, -0.1) is 11.8 Å². The van der Waals surface area contributed by atoms with Crippen molar-refractivity contribution in [3.05, 3.63) is 35.3 Å². The molecule has 6 heteroatoms. The molecule has 2 heterocycles. The van der Waals surface area contributed by atoms with Crippen LogP contribution in [0.1, 0.15) is 81.8 Å². The molecule has 0 amide bonds. The molecule has 0 aromatic carbocycles. The third-order valence-electron chi connectivity index (χ3n) is 6.48. The summed E-state index contributed by atoms with van der Waals surface area (Å²) in [6.45, 7) is 4.57. The predicted octanol–water partition coefficient (Wildman–Crippen LogP) is 4.68. The number of methoxy groups -OCH3 is 1. The van der Waals surface area contributed by atoms with E-state index in [0.29, 0.717) is 19.3 Å². The zero-order valence-electron chi connectivity index (χ0n) is 20.2. The highest BCUT2D eigenvalue weighted by Gasteiger charge is 2.37. The molecule has 1 N–H and O–H groups in total. The molecule has 1 fully saturated rings. The van der Waals surface area contributed by atoms with Gasteiger partial charge in [-0.05, 0) is 51.0 Å². The summed E-state index contributed by atoms with van der Waals surface area (Å²) >= 11 is 0. The van der Waals surface area contributed by atoms with Crippen LogP contribution in [-0.2, 0) is 31.8 Å². The first-order valence-corrected chi connectivity index (χ1v) is 12.2. The van der Waals surface area contributed by atoms with Gasteiger partial charge in [-0.2, -0.15) is 0 Å². The van der Waals surface area contributed by atoms with Gasteiger partial charge in [0.15, 0.2) is 6.29 Å². The molecule has 1 aromatic heterocycles. The fourth-order valence-electron chi connectivity index (χ4n) is 4.43. The van der Waals surface area contributed by atoms with Gasteiger partial charge in [-0.1, -0.05) is 19.1 Å². The highest BCUT2D eigenvalue weighted by atomic mass is 16.7. The van der Waals surface area contributed by atoms with Gasteiger partial charge >= 0.3 is 5.97 Å². The number of esters is 1. The molecular formula is C27H38O6.